The average molecular weight is 430 g/mol. The summed E-state index contributed by atoms with van der Waals surface area (Å²) in [6.07, 6.45) is 3.13. The summed E-state index contributed by atoms with van der Waals surface area (Å²) in [6, 6.07) is 13.0. The lowest BCUT2D eigenvalue weighted by Crippen LogP contribution is -2.24. The second kappa shape index (κ2) is 8.75. The van der Waals surface area contributed by atoms with Crippen molar-refractivity contribution in [2.24, 2.45) is 0 Å². The zero-order valence-corrected chi connectivity index (χ0v) is 17.4. The summed E-state index contributed by atoms with van der Waals surface area (Å²) in [7, 11) is 0. The third kappa shape index (κ3) is 3.68. The minimum Gasteiger partial charge on any atom is -0.507 e. The van der Waals surface area contributed by atoms with Gasteiger partial charge in [-0.05, 0) is 25.7 Å². The van der Waals surface area contributed by atoms with Gasteiger partial charge in [0.15, 0.2) is 0 Å². The summed E-state index contributed by atoms with van der Waals surface area (Å²) >= 11 is 0. The maximum atomic E-state index is 12.4. The van der Waals surface area contributed by atoms with E-state index in [9.17, 15) is 29.4 Å². The van der Waals surface area contributed by atoms with Crippen LogP contribution in [0.25, 0.3) is 11.5 Å². The first kappa shape index (κ1) is 21.4. The van der Waals surface area contributed by atoms with E-state index < -0.39 is 23.1 Å². The van der Waals surface area contributed by atoms with Gasteiger partial charge in [0.25, 0.3) is 0 Å². The predicted molar refractivity (Wildman–Crippen MR) is 118 cm³/mol. The van der Waals surface area contributed by atoms with E-state index in [4.69, 9.17) is 0 Å². The number of benzene rings is 2. The number of carbonyl (C=O) groups is 4. The molecule has 32 heavy (non-hydrogen) atoms. The number of Topliss-reactive ketones (excluding diaryl/α,β-unsaturated/α-hetero) is 4. The van der Waals surface area contributed by atoms with Crippen molar-refractivity contribution in [3.05, 3.63) is 81.9 Å². The molecule has 4 rings (SSSR count). The largest absolute Gasteiger partial charge is 0.507 e. The molecule has 0 aliphatic heterocycles. The smallest absolute Gasteiger partial charge is 0.234 e. The number of carbonyl (C=O) groups excluding carboxylic acids is 4. The third-order valence-corrected chi connectivity index (χ3v) is 5.99. The molecule has 0 spiro atoms. The molecule has 2 aromatic carbocycles. The van der Waals surface area contributed by atoms with Crippen LogP contribution in [-0.4, -0.2) is 33.3 Å². The molecular weight excluding hydrogens is 408 g/mol. The number of hydrogen-bond acceptors (Lipinski definition) is 6. The van der Waals surface area contributed by atoms with Crippen molar-refractivity contribution in [3.63, 3.8) is 0 Å². The summed E-state index contributed by atoms with van der Waals surface area (Å²) in [5, 5.41) is 20.9. The summed E-state index contributed by atoms with van der Waals surface area (Å²) in [6.45, 7) is 0. The van der Waals surface area contributed by atoms with Gasteiger partial charge in [-0.2, -0.15) is 0 Å². The Kier molecular flexibility index (Phi) is 5.86. The van der Waals surface area contributed by atoms with Crippen LogP contribution in [0.15, 0.2) is 59.7 Å². The highest BCUT2D eigenvalue weighted by Crippen LogP contribution is 2.32. The van der Waals surface area contributed by atoms with Gasteiger partial charge in [0.05, 0.1) is 0 Å². The molecular formula is C26H22O6. The minimum absolute atomic E-state index is 0.134. The summed E-state index contributed by atoms with van der Waals surface area (Å²) in [4.78, 5) is 49.3. The molecule has 6 heteroatoms. The Hall–Kier alpha value is -3.80. The molecule has 0 aromatic heterocycles. The number of ketones is 4. The van der Waals surface area contributed by atoms with E-state index in [-0.39, 0.29) is 46.6 Å². The van der Waals surface area contributed by atoms with Crippen molar-refractivity contribution in [3.8, 4) is 0 Å². The van der Waals surface area contributed by atoms with Gasteiger partial charge in [0.2, 0.25) is 23.1 Å². The van der Waals surface area contributed by atoms with E-state index >= 15 is 0 Å². The number of allylic oxidation sites excluding steroid dienone is 2. The minimum atomic E-state index is -0.666. The molecule has 0 atom stereocenters. The number of aliphatic hydroxyl groups is 2. The SMILES string of the molecule is O=C1C(=O)c2ccccc2C(O)=C1CCCCCCC1=C(O)c2ccccc2C(=O)C1=O. The fourth-order valence-electron chi connectivity index (χ4n) is 4.26. The summed E-state index contributed by atoms with van der Waals surface area (Å²) < 4.78 is 0. The van der Waals surface area contributed by atoms with Crippen LogP contribution in [0.2, 0.25) is 0 Å². The van der Waals surface area contributed by atoms with Crippen LogP contribution in [0, 0.1) is 0 Å². The Balaban J connectivity index is 1.34. The molecule has 2 aliphatic carbocycles. The fraction of sp³-hybridized carbons (Fsp3) is 0.231. The van der Waals surface area contributed by atoms with Crippen LogP contribution >= 0.6 is 0 Å². The van der Waals surface area contributed by atoms with Crippen molar-refractivity contribution in [2.75, 3.05) is 0 Å². The lowest BCUT2D eigenvalue weighted by Gasteiger charge is -2.18. The molecule has 0 bridgehead atoms. The molecule has 6 nitrogen and oxygen atoms in total. The molecule has 2 N–H and O–H groups in total. The Morgan fingerprint density at radius 3 is 1.19 bits per heavy atom. The zero-order valence-electron chi connectivity index (χ0n) is 17.4. The van der Waals surface area contributed by atoms with E-state index in [0.29, 0.717) is 36.8 Å². The first-order valence-corrected chi connectivity index (χ1v) is 10.6. The predicted octanol–water partition coefficient (Wildman–Crippen LogP) is 4.80. The lowest BCUT2D eigenvalue weighted by molar-refractivity contribution is -0.112. The van der Waals surface area contributed by atoms with E-state index in [1.807, 2.05) is 0 Å². The van der Waals surface area contributed by atoms with Gasteiger partial charge in [-0.15, -0.1) is 0 Å². The topological polar surface area (TPSA) is 109 Å². The molecule has 0 saturated heterocycles. The van der Waals surface area contributed by atoms with Crippen molar-refractivity contribution >= 4 is 34.7 Å². The monoisotopic (exact) mass is 430 g/mol. The van der Waals surface area contributed by atoms with Crippen LogP contribution in [0.1, 0.15) is 70.4 Å². The molecule has 0 heterocycles. The molecule has 0 fully saturated rings. The Morgan fingerprint density at radius 2 is 0.812 bits per heavy atom. The highest BCUT2D eigenvalue weighted by Gasteiger charge is 2.33. The third-order valence-electron chi connectivity index (χ3n) is 5.99. The standard InChI is InChI=1S/C26H22O6/c27-21-15-9-5-7-11-17(15)23(29)25(31)19(21)13-3-1-2-4-14-20-22(28)16-10-6-8-12-18(16)24(30)26(20)32/h5-12,27-28H,1-4,13-14H2. The number of rotatable bonds is 7. The normalized spacial score (nSPS) is 15.9. The zero-order chi connectivity index (χ0) is 22.8. The van der Waals surface area contributed by atoms with Gasteiger partial charge in [-0.3, -0.25) is 19.2 Å². The van der Waals surface area contributed by atoms with Gasteiger partial charge in [0, 0.05) is 33.4 Å². The van der Waals surface area contributed by atoms with Crippen LogP contribution in [-0.2, 0) is 9.59 Å². The van der Waals surface area contributed by atoms with Crippen LogP contribution in [0.4, 0.5) is 0 Å². The molecule has 2 aromatic rings. The fourth-order valence-corrected chi connectivity index (χ4v) is 4.26. The number of aliphatic hydroxyl groups excluding tert-OH is 2. The second-order valence-electron chi connectivity index (χ2n) is 7.98. The Morgan fingerprint density at radius 1 is 0.469 bits per heavy atom. The highest BCUT2D eigenvalue weighted by atomic mass is 16.3. The first-order valence-electron chi connectivity index (χ1n) is 10.6. The van der Waals surface area contributed by atoms with Crippen molar-refractivity contribution in [2.45, 2.75) is 38.5 Å². The van der Waals surface area contributed by atoms with Crippen molar-refractivity contribution in [1.29, 1.82) is 0 Å². The van der Waals surface area contributed by atoms with Gasteiger partial charge >= 0.3 is 0 Å². The highest BCUT2D eigenvalue weighted by molar-refractivity contribution is 6.52. The van der Waals surface area contributed by atoms with E-state index in [1.165, 1.54) is 12.1 Å². The summed E-state index contributed by atoms with van der Waals surface area (Å²) in [5.41, 5.74) is 1.49. The van der Waals surface area contributed by atoms with Gasteiger partial charge in [0.1, 0.15) is 11.5 Å². The molecule has 0 saturated carbocycles. The molecule has 0 amide bonds. The number of hydrogen-bond donors (Lipinski definition) is 2. The van der Waals surface area contributed by atoms with Crippen LogP contribution < -0.4 is 0 Å². The van der Waals surface area contributed by atoms with Gasteiger partial charge in [-0.1, -0.05) is 61.4 Å². The Labute approximate surface area is 184 Å². The number of unbranched alkanes of at least 4 members (excludes halogenated alkanes) is 3. The molecule has 0 unspecified atom stereocenters. The number of fused-ring (bicyclic) bond motifs is 2. The summed E-state index contributed by atoms with van der Waals surface area (Å²) in [5.74, 6) is -2.80. The molecule has 0 radical (unpaired) electrons. The second-order valence-corrected chi connectivity index (χ2v) is 7.98. The maximum Gasteiger partial charge on any atom is 0.234 e. The molecule has 162 valence electrons. The lowest BCUT2D eigenvalue weighted by atomic mass is 9.85. The molecule has 2 aliphatic rings. The van der Waals surface area contributed by atoms with Crippen molar-refractivity contribution in [1.82, 2.24) is 0 Å². The quantitative estimate of drug-likeness (QED) is 0.483. The van der Waals surface area contributed by atoms with Crippen LogP contribution in [0.3, 0.4) is 0 Å². The van der Waals surface area contributed by atoms with Crippen LogP contribution in [0.5, 0.6) is 0 Å². The first-order chi connectivity index (χ1) is 15.4. The van der Waals surface area contributed by atoms with E-state index in [0.717, 1.165) is 0 Å². The van der Waals surface area contributed by atoms with E-state index in [1.54, 1.807) is 36.4 Å². The van der Waals surface area contributed by atoms with Gasteiger partial charge < -0.3 is 10.2 Å². The average Bonchev–Trinajstić information content (AvgIpc) is 2.82. The van der Waals surface area contributed by atoms with Gasteiger partial charge in [-0.25, -0.2) is 0 Å². The van der Waals surface area contributed by atoms with E-state index in [2.05, 4.69) is 0 Å². The Bertz CT molecular complexity index is 1120. The maximum absolute atomic E-state index is 12.4. The van der Waals surface area contributed by atoms with Crippen molar-refractivity contribution < 1.29 is 29.4 Å².